The van der Waals surface area contributed by atoms with Gasteiger partial charge in [0, 0.05) is 34.7 Å². The molecule has 4 nitrogen and oxygen atoms in total. The predicted molar refractivity (Wildman–Crippen MR) is 123 cm³/mol. The maximum Gasteiger partial charge on any atom is 0.244 e. The summed E-state index contributed by atoms with van der Waals surface area (Å²) in [4.78, 5) is 12.1. The van der Waals surface area contributed by atoms with Gasteiger partial charge in [-0.25, -0.2) is 0 Å². The number of furan rings is 1. The van der Waals surface area contributed by atoms with Crippen LogP contribution in [0, 0.1) is 6.92 Å². The van der Waals surface area contributed by atoms with Gasteiger partial charge in [-0.1, -0.05) is 36.4 Å². The molecular formula is C26H25NO3. The molecule has 0 saturated heterocycles. The fraction of sp³-hybridized carbons (Fsp3) is 0.192. The van der Waals surface area contributed by atoms with Gasteiger partial charge >= 0.3 is 0 Å². The number of hydrogen-bond acceptors (Lipinski definition) is 3. The fourth-order valence-corrected chi connectivity index (χ4v) is 3.95. The van der Waals surface area contributed by atoms with Crippen molar-refractivity contribution in [3.05, 3.63) is 72.0 Å². The average Bonchev–Trinajstić information content (AvgIpc) is 3.17. The third kappa shape index (κ3) is 3.45. The molecule has 3 aromatic carbocycles. The summed E-state index contributed by atoms with van der Waals surface area (Å²) in [5, 5.41) is 6.20. The van der Waals surface area contributed by atoms with Crippen molar-refractivity contribution >= 4 is 33.2 Å². The van der Waals surface area contributed by atoms with Crippen molar-refractivity contribution in [2.45, 2.75) is 20.8 Å². The molecular weight excluding hydrogens is 374 g/mol. The monoisotopic (exact) mass is 399 g/mol. The van der Waals surface area contributed by atoms with Crippen LogP contribution < -0.4 is 10.1 Å². The average molecular weight is 399 g/mol. The molecule has 0 aliphatic rings. The molecule has 152 valence electrons. The van der Waals surface area contributed by atoms with Gasteiger partial charge < -0.3 is 14.5 Å². The summed E-state index contributed by atoms with van der Waals surface area (Å²) >= 11 is 0. The number of rotatable bonds is 5. The quantitative estimate of drug-likeness (QED) is 0.412. The van der Waals surface area contributed by atoms with Crippen LogP contribution in [0.5, 0.6) is 5.75 Å². The summed E-state index contributed by atoms with van der Waals surface area (Å²) in [5.74, 6) is 0.608. The molecule has 0 aliphatic carbocycles. The van der Waals surface area contributed by atoms with Crippen molar-refractivity contribution in [1.82, 2.24) is 5.32 Å². The third-order valence-electron chi connectivity index (χ3n) is 5.43. The third-order valence-corrected chi connectivity index (χ3v) is 5.43. The van der Waals surface area contributed by atoms with Crippen LogP contribution in [0.1, 0.15) is 25.0 Å². The number of amides is 1. The molecule has 4 heteroatoms. The van der Waals surface area contributed by atoms with Crippen molar-refractivity contribution in [3.8, 4) is 16.9 Å². The van der Waals surface area contributed by atoms with Crippen molar-refractivity contribution in [2.75, 3.05) is 13.7 Å². The highest BCUT2D eigenvalue weighted by Crippen LogP contribution is 2.41. The first-order chi connectivity index (χ1) is 14.5. The van der Waals surface area contributed by atoms with Gasteiger partial charge in [0.15, 0.2) is 0 Å². The molecule has 4 aromatic rings. The fourth-order valence-electron chi connectivity index (χ4n) is 3.95. The molecule has 1 heterocycles. The summed E-state index contributed by atoms with van der Waals surface area (Å²) < 4.78 is 11.7. The highest BCUT2D eigenvalue weighted by molar-refractivity contribution is 6.02. The van der Waals surface area contributed by atoms with Crippen molar-refractivity contribution in [2.24, 2.45) is 0 Å². The molecule has 30 heavy (non-hydrogen) atoms. The second kappa shape index (κ2) is 8.07. The summed E-state index contributed by atoms with van der Waals surface area (Å²) in [7, 11) is 1.64. The summed E-state index contributed by atoms with van der Waals surface area (Å²) in [6, 6.07) is 16.8. The predicted octanol–water partition coefficient (Wildman–Crippen LogP) is 6.11. The molecule has 0 fully saturated rings. The van der Waals surface area contributed by atoms with Crippen LogP contribution in [0.3, 0.4) is 0 Å². The lowest BCUT2D eigenvalue weighted by Gasteiger charge is -2.13. The van der Waals surface area contributed by atoms with Gasteiger partial charge in [-0.05, 0) is 54.8 Å². The maximum atomic E-state index is 12.1. The van der Waals surface area contributed by atoms with E-state index in [0.29, 0.717) is 6.54 Å². The van der Waals surface area contributed by atoms with Gasteiger partial charge in [0.25, 0.3) is 0 Å². The standard InChI is InChI=1S/C26H25NO3/c1-5-27-24(28)12-16(2)21-14-22-23(15-30-26(22)17(3)25(21)29-4)20-11-10-18-8-6-7-9-19(18)13-20/h6-15H,5H2,1-4H3,(H,27,28)/b16-12+. The Balaban J connectivity index is 1.91. The number of ether oxygens (including phenoxy) is 1. The van der Waals surface area contributed by atoms with E-state index in [9.17, 15) is 4.79 Å². The van der Waals surface area contributed by atoms with E-state index in [1.54, 1.807) is 19.4 Å². The lowest BCUT2D eigenvalue weighted by molar-refractivity contribution is -0.116. The highest BCUT2D eigenvalue weighted by atomic mass is 16.5. The molecule has 4 rings (SSSR count). The van der Waals surface area contributed by atoms with Crippen molar-refractivity contribution in [3.63, 3.8) is 0 Å². The molecule has 0 saturated carbocycles. The van der Waals surface area contributed by atoms with Crippen LogP contribution in [-0.4, -0.2) is 19.6 Å². The Labute approximate surface area is 176 Å². The molecule has 1 amide bonds. The van der Waals surface area contributed by atoms with E-state index in [4.69, 9.17) is 9.15 Å². The van der Waals surface area contributed by atoms with Crippen LogP contribution in [0.2, 0.25) is 0 Å². The molecule has 0 unspecified atom stereocenters. The van der Waals surface area contributed by atoms with Crippen molar-refractivity contribution < 1.29 is 13.9 Å². The Kier molecular flexibility index (Phi) is 5.32. The lowest BCUT2D eigenvalue weighted by Crippen LogP contribution is -2.20. The summed E-state index contributed by atoms with van der Waals surface area (Å²) in [6.07, 6.45) is 3.41. The molecule has 0 radical (unpaired) electrons. The zero-order chi connectivity index (χ0) is 21.3. The molecule has 1 aromatic heterocycles. The Morgan fingerprint density at radius 2 is 1.90 bits per heavy atom. The summed E-state index contributed by atoms with van der Waals surface area (Å²) in [5.41, 5.74) is 5.55. The van der Waals surface area contributed by atoms with E-state index < -0.39 is 0 Å². The van der Waals surface area contributed by atoms with E-state index in [0.717, 1.165) is 44.5 Å². The van der Waals surface area contributed by atoms with Crippen LogP contribution >= 0.6 is 0 Å². The highest BCUT2D eigenvalue weighted by Gasteiger charge is 2.19. The van der Waals surface area contributed by atoms with E-state index >= 15 is 0 Å². The molecule has 0 aliphatic heterocycles. The first kappa shape index (κ1) is 19.8. The largest absolute Gasteiger partial charge is 0.496 e. The smallest absolute Gasteiger partial charge is 0.244 e. The number of nitrogens with one attached hydrogen (secondary N) is 1. The maximum absolute atomic E-state index is 12.1. The van der Waals surface area contributed by atoms with Gasteiger partial charge in [0.2, 0.25) is 5.91 Å². The van der Waals surface area contributed by atoms with Crippen molar-refractivity contribution in [1.29, 1.82) is 0 Å². The minimum absolute atomic E-state index is 0.114. The minimum atomic E-state index is -0.114. The van der Waals surface area contributed by atoms with E-state index in [1.165, 1.54) is 10.8 Å². The molecule has 0 spiro atoms. The first-order valence-electron chi connectivity index (χ1n) is 10.1. The van der Waals surface area contributed by atoms with E-state index in [2.05, 4.69) is 41.7 Å². The second-order valence-electron chi connectivity index (χ2n) is 7.39. The van der Waals surface area contributed by atoms with Crippen LogP contribution in [-0.2, 0) is 4.79 Å². The topological polar surface area (TPSA) is 51.5 Å². The Morgan fingerprint density at radius 3 is 2.63 bits per heavy atom. The molecule has 1 N–H and O–H groups in total. The zero-order valence-electron chi connectivity index (χ0n) is 17.7. The van der Waals surface area contributed by atoms with Gasteiger partial charge in [0.05, 0.1) is 13.4 Å². The lowest BCUT2D eigenvalue weighted by atomic mass is 9.95. The molecule has 0 bridgehead atoms. The van der Waals surface area contributed by atoms with Crippen LogP contribution in [0.4, 0.5) is 0 Å². The zero-order valence-corrected chi connectivity index (χ0v) is 17.7. The number of aryl methyl sites for hydroxylation is 1. The number of carbonyl (C=O) groups excluding carboxylic acids is 1. The Morgan fingerprint density at radius 1 is 1.13 bits per heavy atom. The van der Waals surface area contributed by atoms with Crippen LogP contribution in [0.25, 0.3) is 38.4 Å². The Bertz CT molecular complexity index is 1280. The number of allylic oxidation sites excluding steroid dienone is 1. The van der Waals surface area contributed by atoms with Gasteiger partial charge in [-0.2, -0.15) is 0 Å². The Hall–Kier alpha value is -3.53. The number of fused-ring (bicyclic) bond motifs is 2. The second-order valence-corrected chi connectivity index (χ2v) is 7.39. The van der Waals surface area contributed by atoms with E-state index in [-0.39, 0.29) is 5.91 Å². The number of hydrogen-bond donors (Lipinski definition) is 1. The number of methoxy groups -OCH3 is 1. The number of carbonyl (C=O) groups is 1. The normalized spacial score (nSPS) is 11.8. The van der Waals surface area contributed by atoms with E-state index in [1.807, 2.05) is 32.9 Å². The van der Waals surface area contributed by atoms with Gasteiger partial charge in [-0.15, -0.1) is 0 Å². The van der Waals surface area contributed by atoms with Gasteiger partial charge in [0.1, 0.15) is 11.3 Å². The number of likely N-dealkylation sites (N-methyl/N-ethyl adjacent to an activating group) is 1. The van der Waals surface area contributed by atoms with Crippen LogP contribution in [0.15, 0.2) is 65.3 Å². The van der Waals surface area contributed by atoms with Gasteiger partial charge in [-0.3, -0.25) is 4.79 Å². The minimum Gasteiger partial charge on any atom is -0.496 e. The SMILES string of the molecule is CCNC(=O)/C=C(\C)c1cc2c(-c3ccc4ccccc4c3)coc2c(C)c1OC. The molecule has 0 atom stereocenters. The first-order valence-corrected chi connectivity index (χ1v) is 10.1. The number of benzene rings is 3. The summed E-state index contributed by atoms with van der Waals surface area (Å²) in [6.45, 7) is 6.40.